The first-order valence-electron chi connectivity index (χ1n) is 4.90. The van der Waals surface area contributed by atoms with Gasteiger partial charge in [-0.15, -0.1) is 0 Å². The predicted octanol–water partition coefficient (Wildman–Crippen LogP) is 4.13. The van der Waals surface area contributed by atoms with Gasteiger partial charge in [0.1, 0.15) is 23.1 Å². The number of carbonyl (C=O) groups is 1. The monoisotopic (exact) mass is 319 g/mol. The fourth-order valence-electron chi connectivity index (χ4n) is 1.36. The minimum atomic E-state index is -0.572. The Morgan fingerprint density at radius 1 is 1.16 bits per heavy atom. The molecule has 0 aliphatic heterocycles. The Bertz CT molecular complexity index is 628. The molecule has 0 amide bonds. The van der Waals surface area contributed by atoms with E-state index in [0.29, 0.717) is 6.29 Å². The molecule has 0 unspecified atom stereocenters. The van der Waals surface area contributed by atoms with E-state index in [4.69, 9.17) is 34.8 Å². The van der Waals surface area contributed by atoms with Crippen LogP contribution in [0.1, 0.15) is 10.4 Å². The highest BCUT2D eigenvalue weighted by Crippen LogP contribution is 2.34. The maximum absolute atomic E-state index is 13.1. The highest BCUT2D eigenvalue weighted by atomic mass is 35.5. The fraction of sp³-hybridized carbons (Fsp3) is 0. The quantitative estimate of drug-likeness (QED) is 0.682. The second-order valence-corrected chi connectivity index (χ2v) is 4.59. The van der Waals surface area contributed by atoms with Gasteiger partial charge < -0.3 is 5.32 Å². The van der Waals surface area contributed by atoms with Crippen LogP contribution in [0.3, 0.4) is 0 Å². The lowest BCUT2D eigenvalue weighted by atomic mass is 10.2. The molecule has 0 saturated carbocycles. The van der Waals surface area contributed by atoms with Gasteiger partial charge in [0.15, 0.2) is 6.29 Å². The van der Waals surface area contributed by atoms with Crippen molar-refractivity contribution < 1.29 is 9.18 Å². The summed E-state index contributed by atoms with van der Waals surface area (Å²) in [5.74, 6) is -0.442. The predicted molar refractivity (Wildman–Crippen MR) is 72.1 cm³/mol. The third-order valence-corrected chi connectivity index (χ3v) is 3.10. The largest absolute Gasteiger partial charge is 0.337 e. The first-order chi connectivity index (χ1) is 9.02. The summed E-state index contributed by atoms with van der Waals surface area (Å²) in [7, 11) is 0. The van der Waals surface area contributed by atoms with Gasteiger partial charge >= 0.3 is 0 Å². The molecule has 0 saturated heterocycles. The van der Waals surface area contributed by atoms with Gasteiger partial charge in [0, 0.05) is 0 Å². The summed E-state index contributed by atoms with van der Waals surface area (Å²) >= 11 is 17.5. The topological polar surface area (TPSA) is 54.9 Å². The van der Waals surface area contributed by atoms with Crippen LogP contribution in [0.15, 0.2) is 18.5 Å². The molecule has 8 heteroatoms. The van der Waals surface area contributed by atoms with Crippen LogP contribution in [0.25, 0.3) is 0 Å². The number of aldehydes is 1. The van der Waals surface area contributed by atoms with E-state index in [0.717, 1.165) is 12.1 Å². The maximum atomic E-state index is 13.1. The van der Waals surface area contributed by atoms with Gasteiger partial charge in [-0.2, -0.15) is 0 Å². The highest BCUT2D eigenvalue weighted by Gasteiger charge is 2.14. The molecule has 98 valence electrons. The molecular formula is C11H5Cl3FN3O. The zero-order chi connectivity index (χ0) is 14.0. The van der Waals surface area contributed by atoms with Crippen molar-refractivity contribution in [1.29, 1.82) is 0 Å². The standard InChI is InChI=1S/C11H5Cl3FN3O/c12-7-1-5(15)2-8(13)9(7)18-11-6(3-19)10(14)16-4-17-11/h1-4H,(H,16,17,18). The van der Waals surface area contributed by atoms with E-state index in [9.17, 15) is 9.18 Å². The minimum absolute atomic E-state index is 0.0122. The number of benzene rings is 1. The molecule has 0 bridgehead atoms. The second kappa shape index (κ2) is 5.69. The molecule has 2 aromatic rings. The number of aromatic nitrogens is 2. The van der Waals surface area contributed by atoms with E-state index >= 15 is 0 Å². The lowest BCUT2D eigenvalue weighted by Gasteiger charge is -2.11. The van der Waals surface area contributed by atoms with Crippen molar-refractivity contribution in [3.63, 3.8) is 0 Å². The molecule has 1 heterocycles. The Kier molecular flexibility index (Phi) is 4.19. The van der Waals surface area contributed by atoms with Gasteiger partial charge in [-0.1, -0.05) is 34.8 Å². The lowest BCUT2D eigenvalue weighted by molar-refractivity contribution is 0.112. The average molecular weight is 321 g/mol. The Balaban J connectivity index is 2.48. The zero-order valence-electron chi connectivity index (χ0n) is 9.12. The van der Waals surface area contributed by atoms with Gasteiger partial charge in [0.05, 0.1) is 21.3 Å². The molecule has 2 rings (SSSR count). The number of hydrogen-bond donors (Lipinski definition) is 1. The van der Waals surface area contributed by atoms with Crippen molar-refractivity contribution in [2.75, 3.05) is 5.32 Å². The number of halogens is 4. The van der Waals surface area contributed by atoms with Crippen molar-refractivity contribution in [1.82, 2.24) is 9.97 Å². The summed E-state index contributed by atoms with van der Waals surface area (Å²) in [5, 5.41) is 2.82. The second-order valence-electron chi connectivity index (χ2n) is 3.41. The SMILES string of the molecule is O=Cc1c(Cl)ncnc1Nc1c(Cl)cc(F)cc1Cl. The fourth-order valence-corrected chi connectivity index (χ4v) is 2.09. The molecule has 1 aromatic heterocycles. The molecule has 0 fully saturated rings. The van der Waals surface area contributed by atoms with Crippen molar-refractivity contribution in [3.05, 3.63) is 45.0 Å². The number of anilines is 2. The van der Waals surface area contributed by atoms with E-state index in [1.54, 1.807) is 0 Å². The van der Waals surface area contributed by atoms with Crippen LogP contribution in [0.2, 0.25) is 15.2 Å². The van der Waals surface area contributed by atoms with Crippen molar-refractivity contribution in [3.8, 4) is 0 Å². The summed E-state index contributed by atoms with van der Waals surface area (Å²) in [4.78, 5) is 18.5. The molecule has 0 radical (unpaired) electrons. The Morgan fingerprint density at radius 2 is 1.79 bits per heavy atom. The van der Waals surface area contributed by atoms with Gasteiger partial charge in [-0.3, -0.25) is 4.79 Å². The van der Waals surface area contributed by atoms with Crippen molar-refractivity contribution >= 4 is 52.6 Å². The van der Waals surface area contributed by atoms with Gasteiger partial charge in [0.2, 0.25) is 0 Å². The van der Waals surface area contributed by atoms with E-state index in [2.05, 4.69) is 15.3 Å². The summed E-state index contributed by atoms with van der Waals surface area (Å²) in [5.41, 5.74) is 0.281. The van der Waals surface area contributed by atoms with Gasteiger partial charge in [0.25, 0.3) is 0 Å². The normalized spacial score (nSPS) is 10.3. The Morgan fingerprint density at radius 3 is 2.37 bits per heavy atom. The van der Waals surface area contributed by atoms with E-state index in [1.165, 1.54) is 6.33 Å². The molecule has 19 heavy (non-hydrogen) atoms. The zero-order valence-corrected chi connectivity index (χ0v) is 11.4. The third-order valence-electron chi connectivity index (χ3n) is 2.20. The summed E-state index contributed by atoms with van der Waals surface area (Å²) < 4.78 is 13.1. The van der Waals surface area contributed by atoms with Crippen LogP contribution in [-0.4, -0.2) is 16.3 Å². The van der Waals surface area contributed by atoms with Crippen LogP contribution >= 0.6 is 34.8 Å². The third kappa shape index (κ3) is 2.94. The van der Waals surface area contributed by atoms with Crippen LogP contribution < -0.4 is 5.32 Å². The maximum Gasteiger partial charge on any atom is 0.156 e. The molecular weight excluding hydrogens is 315 g/mol. The molecule has 4 nitrogen and oxygen atoms in total. The summed E-state index contributed by atoms with van der Waals surface area (Å²) in [6.45, 7) is 0. The molecule has 0 aliphatic rings. The van der Waals surface area contributed by atoms with Crippen LogP contribution in [0, 0.1) is 5.82 Å². The first-order valence-corrected chi connectivity index (χ1v) is 6.03. The molecule has 1 N–H and O–H groups in total. The van der Waals surface area contributed by atoms with E-state index in [1.807, 2.05) is 0 Å². The van der Waals surface area contributed by atoms with Crippen LogP contribution in [0.4, 0.5) is 15.9 Å². The first kappa shape index (κ1) is 14.0. The molecule has 1 aromatic carbocycles. The summed E-state index contributed by atoms with van der Waals surface area (Å²) in [6, 6.07) is 2.16. The smallest absolute Gasteiger partial charge is 0.156 e. The number of carbonyl (C=O) groups excluding carboxylic acids is 1. The highest BCUT2D eigenvalue weighted by molar-refractivity contribution is 6.39. The number of hydrogen-bond acceptors (Lipinski definition) is 4. The van der Waals surface area contributed by atoms with Gasteiger partial charge in [-0.05, 0) is 12.1 Å². The lowest BCUT2D eigenvalue weighted by Crippen LogP contribution is -2.01. The number of nitrogens with one attached hydrogen (secondary N) is 1. The Labute approximate surface area is 122 Å². The van der Waals surface area contributed by atoms with Crippen LogP contribution in [0.5, 0.6) is 0 Å². The Hall–Kier alpha value is -1.43. The average Bonchev–Trinajstić information content (AvgIpc) is 2.34. The van der Waals surface area contributed by atoms with Crippen LogP contribution in [-0.2, 0) is 0 Å². The van der Waals surface area contributed by atoms with E-state index < -0.39 is 5.82 Å². The number of nitrogens with zero attached hydrogens (tertiary/aromatic N) is 2. The minimum Gasteiger partial charge on any atom is -0.337 e. The molecule has 0 atom stereocenters. The molecule has 0 spiro atoms. The van der Waals surface area contributed by atoms with Gasteiger partial charge in [-0.25, -0.2) is 14.4 Å². The van der Waals surface area contributed by atoms with Crippen molar-refractivity contribution in [2.45, 2.75) is 0 Å². The van der Waals surface area contributed by atoms with E-state index in [-0.39, 0.29) is 32.3 Å². The number of rotatable bonds is 3. The van der Waals surface area contributed by atoms with Crippen molar-refractivity contribution in [2.24, 2.45) is 0 Å². The summed E-state index contributed by atoms with van der Waals surface area (Å²) in [6.07, 6.45) is 1.67. The molecule has 0 aliphatic carbocycles.